The molecule has 0 aliphatic carbocycles. The van der Waals surface area contributed by atoms with Gasteiger partial charge in [-0.05, 0) is 38.5 Å². The largest absolute Gasteiger partial charge is 0.469 e. The number of esters is 2. The number of hydrogen-bond acceptors (Lipinski definition) is 6. The highest BCUT2D eigenvalue weighted by Crippen LogP contribution is 2.36. The molecule has 44 heavy (non-hydrogen) atoms. The van der Waals surface area contributed by atoms with Crippen molar-refractivity contribution >= 4 is 19.8 Å². The molecule has 0 amide bonds. The number of hydrogen-bond donors (Lipinski definition) is 2. The maximum atomic E-state index is 12.3. The van der Waals surface area contributed by atoms with Crippen LogP contribution in [0.3, 0.4) is 0 Å². The number of rotatable bonds is 32. The number of allylic oxidation sites excluding steroid dienone is 4. The van der Waals surface area contributed by atoms with Crippen molar-refractivity contribution < 1.29 is 37.9 Å². The van der Waals surface area contributed by atoms with Crippen LogP contribution in [0.4, 0.5) is 0 Å². The Hall–Kier alpha value is -1.47. The van der Waals surface area contributed by atoms with Crippen molar-refractivity contribution in [1.29, 1.82) is 0 Å². The van der Waals surface area contributed by atoms with Crippen LogP contribution < -0.4 is 0 Å². The molecule has 0 aromatic heterocycles. The predicted octanol–water partition coefficient (Wildman–Crippen LogP) is 10.1. The fraction of sp³-hybridized carbons (Fsp3) is 0.829. The summed E-state index contributed by atoms with van der Waals surface area (Å²) in [4.78, 5) is 42.5. The molecule has 258 valence electrons. The van der Waals surface area contributed by atoms with E-state index in [0.29, 0.717) is 6.42 Å². The maximum Gasteiger partial charge on any atom is 0.469 e. The van der Waals surface area contributed by atoms with Crippen molar-refractivity contribution in [3.05, 3.63) is 24.3 Å². The monoisotopic (exact) mass is 644 g/mol. The SMILES string of the molecule is CCCCCC/C=C/C=C/CCCCCCCC(=O)O[C@H](COC(=O)CCCCCCCCCCCCC)COP(=O)(O)O. The summed E-state index contributed by atoms with van der Waals surface area (Å²) in [6.07, 6.45) is 33.2. The Morgan fingerprint density at radius 3 is 1.48 bits per heavy atom. The van der Waals surface area contributed by atoms with Gasteiger partial charge in [-0.3, -0.25) is 14.1 Å². The minimum absolute atomic E-state index is 0.196. The quantitative estimate of drug-likeness (QED) is 0.0321. The van der Waals surface area contributed by atoms with Crippen molar-refractivity contribution in [1.82, 2.24) is 0 Å². The van der Waals surface area contributed by atoms with Crippen LogP contribution >= 0.6 is 7.82 Å². The van der Waals surface area contributed by atoms with Crippen LogP contribution in [-0.2, 0) is 28.2 Å². The standard InChI is InChI=1S/C35H65O8P/c1-3-5-7-9-11-13-15-16-17-18-20-22-24-26-28-30-35(37)43-33(32-42-44(38,39)40)31-41-34(36)29-27-25-23-21-19-14-12-10-8-6-4-2/h13,15-17,33H,3-12,14,18-32H2,1-2H3,(H2,38,39,40)/b15-13+,17-16+/t33-/m1/s1. The zero-order chi connectivity index (χ0) is 32.6. The van der Waals surface area contributed by atoms with E-state index in [1.165, 1.54) is 77.0 Å². The Morgan fingerprint density at radius 1 is 0.591 bits per heavy atom. The van der Waals surface area contributed by atoms with Crippen LogP contribution in [0.5, 0.6) is 0 Å². The predicted molar refractivity (Wildman–Crippen MR) is 179 cm³/mol. The first-order valence-corrected chi connectivity index (χ1v) is 19.2. The number of ether oxygens (including phenoxy) is 2. The third-order valence-electron chi connectivity index (χ3n) is 7.50. The van der Waals surface area contributed by atoms with Gasteiger partial charge in [-0.2, -0.15) is 0 Å². The minimum Gasteiger partial charge on any atom is -0.462 e. The van der Waals surface area contributed by atoms with Crippen molar-refractivity contribution in [3.8, 4) is 0 Å². The van der Waals surface area contributed by atoms with Crippen molar-refractivity contribution in [2.45, 2.75) is 174 Å². The van der Waals surface area contributed by atoms with E-state index in [0.717, 1.165) is 57.8 Å². The first-order valence-electron chi connectivity index (χ1n) is 17.6. The van der Waals surface area contributed by atoms with Crippen LogP contribution in [0.1, 0.15) is 168 Å². The molecule has 0 aliphatic heterocycles. The first-order chi connectivity index (χ1) is 21.3. The molecule has 0 heterocycles. The van der Waals surface area contributed by atoms with Gasteiger partial charge in [0.25, 0.3) is 0 Å². The van der Waals surface area contributed by atoms with Crippen molar-refractivity contribution in [2.75, 3.05) is 13.2 Å². The molecule has 0 aromatic rings. The average Bonchev–Trinajstić information content (AvgIpc) is 2.98. The molecule has 0 saturated heterocycles. The lowest BCUT2D eigenvalue weighted by molar-refractivity contribution is -0.161. The molecule has 0 spiro atoms. The van der Waals surface area contributed by atoms with E-state index < -0.39 is 32.5 Å². The number of carbonyl (C=O) groups excluding carboxylic acids is 2. The third kappa shape index (κ3) is 33.4. The van der Waals surface area contributed by atoms with Crippen LogP contribution in [0, 0.1) is 0 Å². The van der Waals surface area contributed by atoms with E-state index in [9.17, 15) is 14.2 Å². The highest BCUT2D eigenvalue weighted by molar-refractivity contribution is 7.46. The molecular formula is C35H65O8P. The molecule has 2 N–H and O–H groups in total. The fourth-order valence-electron chi connectivity index (χ4n) is 4.83. The molecule has 0 fully saturated rings. The van der Waals surface area contributed by atoms with Gasteiger partial charge in [-0.1, -0.05) is 141 Å². The summed E-state index contributed by atoms with van der Waals surface area (Å²) in [7, 11) is -4.75. The number of phosphoric ester groups is 1. The topological polar surface area (TPSA) is 119 Å². The Morgan fingerprint density at radius 2 is 1.00 bits per heavy atom. The molecule has 0 radical (unpaired) electrons. The summed E-state index contributed by atoms with van der Waals surface area (Å²) in [5, 5.41) is 0. The molecule has 0 rings (SSSR count). The van der Waals surface area contributed by atoms with E-state index in [-0.39, 0.29) is 19.4 Å². The van der Waals surface area contributed by atoms with Crippen LogP contribution in [0.25, 0.3) is 0 Å². The zero-order valence-electron chi connectivity index (χ0n) is 28.1. The van der Waals surface area contributed by atoms with Crippen LogP contribution in [0.15, 0.2) is 24.3 Å². The maximum absolute atomic E-state index is 12.3. The molecule has 0 unspecified atom stereocenters. The molecule has 0 saturated carbocycles. The van der Waals surface area contributed by atoms with Crippen molar-refractivity contribution in [3.63, 3.8) is 0 Å². The lowest BCUT2D eigenvalue weighted by atomic mass is 10.1. The number of carbonyl (C=O) groups is 2. The molecule has 1 atom stereocenters. The van der Waals surface area contributed by atoms with E-state index >= 15 is 0 Å². The zero-order valence-corrected chi connectivity index (χ0v) is 29.0. The average molecular weight is 645 g/mol. The Kier molecular flexibility index (Phi) is 30.5. The van der Waals surface area contributed by atoms with Gasteiger partial charge in [0.2, 0.25) is 0 Å². The van der Waals surface area contributed by atoms with Crippen LogP contribution in [-0.4, -0.2) is 41.0 Å². The van der Waals surface area contributed by atoms with Gasteiger partial charge in [-0.25, -0.2) is 4.57 Å². The normalized spacial score (nSPS) is 12.7. The van der Waals surface area contributed by atoms with E-state index in [4.69, 9.17) is 19.3 Å². The van der Waals surface area contributed by atoms with Gasteiger partial charge in [0.15, 0.2) is 6.10 Å². The second-order valence-electron chi connectivity index (χ2n) is 11.9. The minimum atomic E-state index is -4.75. The van der Waals surface area contributed by atoms with E-state index in [2.05, 4.69) is 42.7 Å². The van der Waals surface area contributed by atoms with Gasteiger partial charge in [-0.15, -0.1) is 0 Å². The second-order valence-corrected chi connectivity index (χ2v) is 13.1. The van der Waals surface area contributed by atoms with E-state index in [1.807, 2.05) is 0 Å². The summed E-state index contributed by atoms with van der Waals surface area (Å²) in [6, 6.07) is 0. The molecule has 9 heteroatoms. The van der Waals surface area contributed by atoms with E-state index in [1.54, 1.807) is 0 Å². The van der Waals surface area contributed by atoms with Crippen LogP contribution in [0.2, 0.25) is 0 Å². The molecule has 0 aromatic carbocycles. The first kappa shape index (κ1) is 42.5. The van der Waals surface area contributed by atoms with Crippen molar-refractivity contribution in [2.24, 2.45) is 0 Å². The van der Waals surface area contributed by atoms with Gasteiger partial charge in [0.05, 0.1) is 6.61 Å². The summed E-state index contributed by atoms with van der Waals surface area (Å²) in [5.74, 6) is -0.901. The molecule has 8 nitrogen and oxygen atoms in total. The fourth-order valence-corrected chi connectivity index (χ4v) is 5.19. The van der Waals surface area contributed by atoms with Gasteiger partial charge in [0, 0.05) is 12.8 Å². The highest BCUT2D eigenvalue weighted by Gasteiger charge is 2.22. The lowest BCUT2D eigenvalue weighted by Gasteiger charge is -2.18. The van der Waals surface area contributed by atoms with Gasteiger partial charge in [0.1, 0.15) is 6.61 Å². The summed E-state index contributed by atoms with van der Waals surface area (Å²) >= 11 is 0. The van der Waals surface area contributed by atoms with Gasteiger partial charge >= 0.3 is 19.8 Å². The molecule has 0 bridgehead atoms. The molecular weight excluding hydrogens is 579 g/mol. The molecule has 0 aliphatic rings. The number of phosphoric acid groups is 1. The van der Waals surface area contributed by atoms with Gasteiger partial charge < -0.3 is 19.3 Å². The Balaban J connectivity index is 4.02. The lowest BCUT2D eigenvalue weighted by Crippen LogP contribution is -2.29. The smallest absolute Gasteiger partial charge is 0.462 e. The highest BCUT2D eigenvalue weighted by atomic mass is 31.2. The second kappa shape index (κ2) is 31.5. The summed E-state index contributed by atoms with van der Waals surface area (Å²) in [5.41, 5.74) is 0. The third-order valence-corrected chi connectivity index (χ3v) is 7.99. The Bertz CT molecular complexity index is 777. The summed E-state index contributed by atoms with van der Waals surface area (Å²) in [6.45, 7) is 3.62. The summed E-state index contributed by atoms with van der Waals surface area (Å²) < 4.78 is 26.2. The number of unbranched alkanes of at least 4 members (excludes halogenated alkanes) is 19. The Labute approximate surface area is 269 Å².